The summed E-state index contributed by atoms with van der Waals surface area (Å²) in [5.41, 5.74) is 3.70. The van der Waals surface area contributed by atoms with E-state index < -0.39 is 10.0 Å². The van der Waals surface area contributed by atoms with Gasteiger partial charge in [0.15, 0.2) is 0 Å². The van der Waals surface area contributed by atoms with Gasteiger partial charge in [0.05, 0.1) is 34.0 Å². The second-order valence-corrected chi connectivity index (χ2v) is 14.0. The summed E-state index contributed by atoms with van der Waals surface area (Å²) in [6.07, 6.45) is 0.246. The summed E-state index contributed by atoms with van der Waals surface area (Å²) in [7, 11) is -3.83. The maximum absolute atomic E-state index is 13.5. The van der Waals surface area contributed by atoms with Crippen LogP contribution >= 0.6 is 22.7 Å². The zero-order valence-corrected chi connectivity index (χ0v) is 26.6. The predicted octanol–water partition coefficient (Wildman–Crippen LogP) is 7.01. The fourth-order valence-corrected chi connectivity index (χ4v) is 9.08. The summed E-state index contributed by atoms with van der Waals surface area (Å²) in [6, 6.07) is 22.8. The van der Waals surface area contributed by atoms with E-state index in [0.717, 1.165) is 31.2 Å². The molecule has 0 saturated heterocycles. The molecule has 0 fully saturated rings. The smallest absolute Gasteiger partial charge is 0.410 e. The Hall–Kier alpha value is -4.26. The number of hydrogen-bond donors (Lipinski definition) is 1. The molecule has 1 N–H and O–H groups in total. The Morgan fingerprint density at radius 2 is 1.70 bits per heavy atom. The molecule has 3 aromatic carbocycles. The van der Waals surface area contributed by atoms with Gasteiger partial charge in [-0.25, -0.2) is 18.2 Å². The highest BCUT2D eigenvalue weighted by Gasteiger charge is 2.30. The van der Waals surface area contributed by atoms with Crippen LogP contribution in [0, 0.1) is 0 Å². The number of ether oxygens (including phenoxy) is 1. The number of anilines is 2. The topological polar surface area (TPSA) is 109 Å². The van der Waals surface area contributed by atoms with Crippen molar-refractivity contribution in [1.29, 1.82) is 0 Å². The van der Waals surface area contributed by atoms with Gasteiger partial charge in [-0.05, 0) is 74.4 Å². The van der Waals surface area contributed by atoms with Gasteiger partial charge in [-0.15, -0.1) is 22.7 Å². The molecular weight excluding hydrogens is 617 g/mol. The van der Waals surface area contributed by atoms with Gasteiger partial charge in [-0.3, -0.25) is 9.10 Å². The number of thiazole rings is 1. The Bertz CT molecular complexity index is 1900. The molecular formula is C32H30N4O5S3. The fraction of sp³-hybridized carbons (Fsp3) is 0.219. The lowest BCUT2D eigenvalue weighted by Gasteiger charge is -2.26. The molecule has 1 aliphatic rings. The Morgan fingerprint density at radius 3 is 2.41 bits per heavy atom. The Morgan fingerprint density at radius 1 is 0.977 bits per heavy atom. The number of sulfonamides is 1. The van der Waals surface area contributed by atoms with Gasteiger partial charge < -0.3 is 15.0 Å². The van der Waals surface area contributed by atoms with Gasteiger partial charge in [-0.1, -0.05) is 30.3 Å². The average Bonchev–Trinajstić information content (AvgIpc) is 3.62. The lowest BCUT2D eigenvalue weighted by molar-refractivity contribution is 0.102. The lowest BCUT2D eigenvalue weighted by Crippen LogP contribution is -2.35. The highest BCUT2D eigenvalue weighted by Crippen LogP contribution is 2.46. The van der Waals surface area contributed by atoms with Crippen molar-refractivity contribution in [3.05, 3.63) is 94.9 Å². The minimum atomic E-state index is -3.83. The Labute approximate surface area is 263 Å². The van der Waals surface area contributed by atoms with Crippen LogP contribution in [-0.4, -0.2) is 50.0 Å². The van der Waals surface area contributed by atoms with Crippen LogP contribution in [0.3, 0.4) is 0 Å². The van der Waals surface area contributed by atoms with E-state index in [9.17, 15) is 18.0 Å². The van der Waals surface area contributed by atoms with E-state index in [1.54, 1.807) is 54.3 Å². The van der Waals surface area contributed by atoms with Crippen molar-refractivity contribution in [2.75, 3.05) is 29.3 Å². The van der Waals surface area contributed by atoms with Crippen molar-refractivity contribution < 1.29 is 22.7 Å². The zero-order valence-electron chi connectivity index (χ0n) is 24.1. The van der Waals surface area contributed by atoms with E-state index in [-0.39, 0.29) is 23.4 Å². The van der Waals surface area contributed by atoms with Crippen LogP contribution in [0.25, 0.3) is 20.8 Å². The third-order valence-electron chi connectivity index (χ3n) is 7.35. The lowest BCUT2D eigenvalue weighted by atomic mass is 10.0. The van der Waals surface area contributed by atoms with E-state index in [0.29, 0.717) is 42.4 Å². The van der Waals surface area contributed by atoms with Gasteiger partial charge in [0.2, 0.25) is 0 Å². The number of aromatic nitrogens is 1. The van der Waals surface area contributed by atoms with E-state index in [2.05, 4.69) is 5.32 Å². The second kappa shape index (κ2) is 12.4. The first-order valence-electron chi connectivity index (χ1n) is 14.2. The zero-order chi connectivity index (χ0) is 30.8. The molecule has 5 aromatic rings. The number of benzene rings is 3. The summed E-state index contributed by atoms with van der Waals surface area (Å²) in [6.45, 7) is 5.01. The Balaban J connectivity index is 1.30. The first-order valence-corrected chi connectivity index (χ1v) is 17.3. The van der Waals surface area contributed by atoms with Crippen molar-refractivity contribution in [3.8, 4) is 10.6 Å². The van der Waals surface area contributed by atoms with Crippen LogP contribution in [0.4, 0.5) is 15.5 Å². The fourth-order valence-electron chi connectivity index (χ4n) is 5.23. The molecule has 2 amide bonds. The molecule has 6 rings (SSSR count). The number of nitrogens with one attached hydrogen (secondary N) is 1. The highest BCUT2D eigenvalue weighted by atomic mass is 32.2. The van der Waals surface area contributed by atoms with Gasteiger partial charge in [0, 0.05) is 29.1 Å². The first kappa shape index (κ1) is 29.8. The van der Waals surface area contributed by atoms with Gasteiger partial charge >= 0.3 is 6.09 Å². The summed E-state index contributed by atoms with van der Waals surface area (Å²) >= 11 is 2.98. The number of rotatable bonds is 8. The minimum absolute atomic E-state index is 0.0977. The number of carbonyl (C=O) groups is 2. The molecule has 1 aliphatic heterocycles. The molecule has 0 saturated carbocycles. The van der Waals surface area contributed by atoms with Crippen molar-refractivity contribution in [2.45, 2.75) is 31.7 Å². The third kappa shape index (κ3) is 5.68. The van der Waals surface area contributed by atoms with E-state index in [4.69, 9.17) is 9.72 Å². The quantitative estimate of drug-likeness (QED) is 0.194. The molecule has 0 radical (unpaired) electrons. The molecule has 2 aromatic heterocycles. The van der Waals surface area contributed by atoms with E-state index in [1.807, 2.05) is 30.3 Å². The van der Waals surface area contributed by atoms with Gasteiger partial charge in [0.25, 0.3) is 15.9 Å². The second-order valence-electron chi connectivity index (χ2n) is 10.0. The summed E-state index contributed by atoms with van der Waals surface area (Å²) in [5, 5.41) is 4.50. The minimum Gasteiger partial charge on any atom is -0.450 e. The number of nitrogens with zero attached hydrogens (tertiary/aromatic N) is 3. The Kier molecular flexibility index (Phi) is 8.39. The monoisotopic (exact) mass is 646 g/mol. The standard InChI is InChI=1S/C32H30N4O5S3/c1-3-36(22-10-6-5-7-11-22)44(39,40)23-16-14-21(15-17-23)29(37)34-31-28(30-33-25-12-8-9-13-26(25)42-30)24-18-19-35(20-27(24)43-31)32(38)41-4-2/h5-17H,3-4,18-20H2,1-2H3,(H,34,37). The van der Waals surface area contributed by atoms with Gasteiger partial charge in [0.1, 0.15) is 10.0 Å². The first-order chi connectivity index (χ1) is 21.3. The normalized spacial score (nSPS) is 13.0. The SMILES string of the molecule is CCOC(=O)N1CCc2c(sc(NC(=O)c3ccc(S(=O)(=O)N(CC)c4ccccc4)cc3)c2-c2nc3ccccc3s2)C1. The van der Waals surface area contributed by atoms with Crippen LogP contribution in [0.5, 0.6) is 0 Å². The number of carbonyl (C=O) groups excluding carboxylic acids is 2. The summed E-state index contributed by atoms with van der Waals surface area (Å²) in [5.74, 6) is -0.368. The van der Waals surface area contributed by atoms with Crippen molar-refractivity contribution in [3.63, 3.8) is 0 Å². The molecule has 0 atom stereocenters. The van der Waals surface area contributed by atoms with Crippen LogP contribution < -0.4 is 9.62 Å². The van der Waals surface area contributed by atoms with Crippen molar-refractivity contribution >= 4 is 65.6 Å². The molecule has 9 nitrogen and oxygen atoms in total. The van der Waals surface area contributed by atoms with E-state index >= 15 is 0 Å². The van der Waals surface area contributed by atoms with Crippen molar-refractivity contribution in [2.24, 2.45) is 0 Å². The van der Waals surface area contributed by atoms with Crippen LogP contribution in [0.2, 0.25) is 0 Å². The summed E-state index contributed by atoms with van der Waals surface area (Å²) < 4.78 is 34.4. The number of thiophene rings is 1. The molecule has 0 spiro atoms. The average molecular weight is 647 g/mol. The number of fused-ring (bicyclic) bond motifs is 2. The third-order valence-corrected chi connectivity index (χ3v) is 11.5. The van der Waals surface area contributed by atoms with Gasteiger partial charge in [-0.2, -0.15) is 0 Å². The number of hydrogen-bond acceptors (Lipinski definition) is 8. The maximum Gasteiger partial charge on any atom is 0.410 e. The van der Waals surface area contributed by atoms with E-state index in [1.165, 1.54) is 39.9 Å². The molecule has 0 aliphatic carbocycles. The molecule has 226 valence electrons. The van der Waals surface area contributed by atoms with Crippen LogP contribution in [0.1, 0.15) is 34.6 Å². The summed E-state index contributed by atoms with van der Waals surface area (Å²) in [4.78, 5) is 33.6. The van der Waals surface area contributed by atoms with Crippen LogP contribution in [0.15, 0.2) is 83.8 Å². The predicted molar refractivity (Wildman–Crippen MR) is 175 cm³/mol. The highest BCUT2D eigenvalue weighted by molar-refractivity contribution is 7.92. The largest absolute Gasteiger partial charge is 0.450 e. The number of amides is 2. The molecule has 0 bridgehead atoms. The molecule has 0 unspecified atom stereocenters. The maximum atomic E-state index is 13.5. The number of para-hydroxylation sites is 2. The van der Waals surface area contributed by atoms with Crippen molar-refractivity contribution in [1.82, 2.24) is 9.88 Å². The molecule has 3 heterocycles. The van der Waals surface area contributed by atoms with Crippen LogP contribution in [-0.2, 0) is 27.7 Å². The molecule has 44 heavy (non-hydrogen) atoms. The molecule has 12 heteroatoms.